The van der Waals surface area contributed by atoms with E-state index in [1.54, 1.807) is 0 Å². The number of amides is 4. The number of imide groups is 1. The van der Waals surface area contributed by atoms with Gasteiger partial charge in [-0.1, -0.05) is 0 Å². The zero-order chi connectivity index (χ0) is 20.6. The molecule has 2 aromatic carbocycles. The van der Waals surface area contributed by atoms with Gasteiger partial charge in [-0.3, -0.25) is 14.5 Å². The van der Waals surface area contributed by atoms with Gasteiger partial charge in [0, 0.05) is 11.6 Å². The maximum Gasteiger partial charge on any atom is 0.325 e. The summed E-state index contributed by atoms with van der Waals surface area (Å²) in [6.45, 7) is 0.358. The molecule has 1 unspecified atom stereocenters. The highest BCUT2D eigenvalue weighted by molar-refractivity contribution is 6.10. The van der Waals surface area contributed by atoms with Gasteiger partial charge in [0.2, 0.25) is 5.91 Å². The van der Waals surface area contributed by atoms with Gasteiger partial charge in [0.25, 0.3) is 5.91 Å². The fourth-order valence-corrected chi connectivity index (χ4v) is 2.83. The van der Waals surface area contributed by atoms with E-state index in [1.165, 1.54) is 6.92 Å². The van der Waals surface area contributed by atoms with Gasteiger partial charge in [0.1, 0.15) is 35.4 Å². The van der Waals surface area contributed by atoms with Crippen LogP contribution in [0.1, 0.15) is 12.5 Å². The number of hydrogen-bond donors (Lipinski definition) is 2. The van der Waals surface area contributed by atoms with Crippen LogP contribution < -0.4 is 10.6 Å². The Morgan fingerprint density at radius 3 is 2.36 bits per heavy atom. The van der Waals surface area contributed by atoms with Gasteiger partial charge in [-0.15, -0.1) is 0 Å². The molecule has 1 aliphatic rings. The topological polar surface area (TPSA) is 78.5 Å². The van der Waals surface area contributed by atoms with Crippen LogP contribution in [0.4, 0.5) is 28.0 Å². The van der Waals surface area contributed by atoms with E-state index in [9.17, 15) is 31.9 Å². The van der Waals surface area contributed by atoms with Crippen LogP contribution in [0.2, 0.25) is 0 Å². The van der Waals surface area contributed by atoms with Crippen molar-refractivity contribution in [1.29, 1.82) is 0 Å². The zero-order valence-electron chi connectivity index (χ0n) is 14.4. The third-order valence-corrected chi connectivity index (χ3v) is 4.25. The zero-order valence-corrected chi connectivity index (χ0v) is 14.4. The molecule has 10 heteroatoms. The monoisotopic (exact) mass is 395 g/mol. The van der Waals surface area contributed by atoms with Crippen molar-refractivity contribution < 1.29 is 31.9 Å². The number of rotatable bonds is 4. The minimum absolute atomic E-state index is 0.350. The Morgan fingerprint density at radius 1 is 1.04 bits per heavy atom. The summed E-state index contributed by atoms with van der Waals surface area (Å²) in [5, 5.41) is 4.33. The number of halogens is 4. The SMILES string of the molecule is CC1(c2cc(F)ccc2F)NC(=O)N(CC(=O)Nc2ccc(F)cc2F)C1=O. The third kappa shape index (κ3) is 3.40. The molecule has 2 N–H and O–H groups in total. The van der Waals surface area contributed by atoms with E-state index in [1.807, 2.05) is 0 Å². The summed E-state index contributed by atoms with van der Waals surface area (Å²) < 4.78 is 54.1. The number of urea groups is 1. The Labute approximate surface area is 156 Å². The highest BCUT2D eigenvalue weighted by Gasteiger charge is 2.50. The fourth-order valence-electron chi connectivity index (χ4n) is 2.83. The minimum atomic E-state index is -1.93. The van der Waals surface area contributed by atoms with Crippen molar-refractivity contribution >= 4 is 23.5 Å². The normalized spacial score (nSPS) is 19.0. The van der Waals surface area contributed by atoms with E-state index < -0.39 is 58.8 Å². The van der Waals surface area contributed by atoms with Crippen LogP contribution in [-0.2, 0) is 15.1 Å². The predicted octanol–water partition coefficient (Wildman–Crippen LogP) is 2.65. The van der Waals surface area contributed by atoms with Gasteiger partial charge in [0.05, 0.1) is 5.69 Å². The van der Waals surface area contributed by atoms with Crippen LogP contribution in [0.15, 0.2) is 36.4 Å². The number of anilines is 1. The molecular formula is C18H13F4N3O3. The summed E-state index contributed by atoms with van der Waals surface area (Å²) in [7, 11) is 0. The van der Waals surface area contributed by atoms with E-state index >= 15 is 0 Å². The van der Waals surface area contributed by atoms with Gasteiger partial charge in [-0.05, 0) is 37.3 Å². The quantitative estimate of drug-likeness (QED) is 0.617. The van der Waals surface area contributed by atoms with E-state index in [4.69, 9.17) is 0 Å². The van der Waals surface area contributed by atoms with Crippen molar-refractivity contribution in [3.8, 4) is 0 Å². The molecule has 146 valence electrons. The summed E-state index contributed by atoms with van der Waals surface area (Å²) in [5.41, 5.74) is -2.68. The van der Waals surface area contributed by atoms with E-state index in [2.05, 4.69) is 10.6 Å². The summed E-state index contributed by atoms with van der Waals surface area (Å²) in [5.74, 6) is -5.57. The molecule has 1 atom stereocenters. The number of hydrogen-bond acceptors (Lipinski definition) is 3. The molecule has 1 fully saturated rings. The van der Waals surface area contributed by atoms with Crippen LogP contribution in [0, 0.1) is 23.3 Å². The molecule has 3 rings (SSSR count). The average Bonchev–Trinajstić information content (AvgIpc) is 2.83. The Morgan fingerprint density at radius 2 is 1.68 bits per heavy atom. The maximum atomic E-state index is 14.1. The van der Waals surface area contributed by atoms with Crippen molar-refractivity contribution in [2.75, 3.05) is 11.9 Å². The van der Waals surface area contributed by atoms with Gasteiger partial charge >= 0.3 is 6.03 Å². The molecule has 1 heterocycles. The lowest BCUT2D eigenvalue weighted by Gasteiger charge is -2.22. The van der Waals surface area contributed by atoms with Crippen molar-refractivity contribution in [3.63, 3.8) is 0 Å². The van der Waals surface area contributed by atoms with E-state index in [-0.39, 0.29) is 5.69 Å². The molecule has 0 radical (unpaired) electrons. The molecule has 0 saturated carbocycles. The lowest BCUT2D eigenvalue weighted by Crippen LogP contribution is -2.42. The number of nitrogens with one attached hydrogen (secondary N) is 2. The molecule has 1 saturated heterocycles. The molecule has 28 heavy (non-hydrogen) atoms. The summed E-state index contributed by atoms with van der Waals surface area (Å²) in [6.07, 6.45) is 0. The first-order valence-corrected chi connectivity index (χ1v) is 7.96. The van der Waals surface area contributed by atoms with Gasteiger partial charge < -0.3 is 10.6 Å². The van der Waals surface area contributed by atoms with Crippen molar-refractivity contribution in [2.24, 2.45) is 0 Å². The lowest BCUT2D eigenvalue weighted by molar-refractivity contribution is -0.133. The van der Waals surface area contributed by atoms with Crippen LogP contribution in [0.3, 0.4) is 0 Å². The van der Waals surface area contributed by atoms with Gasteiger partial charge in [-0.2, -0.15) is 0 Å². The Balaban J connectivity index is 1.80. The van der Waals surface area contributed by atoms with E-state index in [0.717, 1.165) is 30.3 Å². The first kappa shape index (κ1) is 19.3. The predicted molar refractivity (Wildman–Crippen MR) is 88.9 cm³/mol. The standard InChI is InChI=1S/C18H13F4N3O3/c1-18(11-6-9(19)2-4-12(11)21)16(27)25(17(28)24-18)8-15(26)23-14-5-3-10(20)7-13(14)22/h2-7H,8H2,1H3,(H,23,26)(H,24,28). The smallest absolute Gasteiger partial charge is 0.322 e. The molecular weight excluding hydrogens is 382 g/mol. The highest BCUT2D eigenvalue weighted by atomic mass is 19.1. The molecule has 2 aromatic rings. The van der Waals surface area contributed by atoms with Crippen LogP contribution in [-0.4, -0.2) is 29.3 Å². The largest absolute Gasteiger partial charge is 0.325 e. The molecule has 0 aliphatic carbocycles. The summed E-state index contributed by atoms with van der Waals surface area (Å²) >= 11 is 0. The Kier molecular flexibility index (Phi) is 4.80. The number of nitrogens with zero attached hydrogens (tertiary/aromatic N) is 1. The van der Waals surface area contributed by atoms with Crippen LogP contribution in [0.25, 0.3) is 0 Å². The summed E-state index contributed by atoms with van der Waals surface area (Å²) in [6, 6.07) is 3.86. The molecule has 4 amide bonds. The second kappa shape index (κ2) is 6.95. The van der Waals surface area contributed by atoms with Crippen LogP contribution >= 0.6 is 0 Å². The minimum Gasteiger partial charge on any atom is -0.322 e. The highest BCUT2D eigenvalue weighted by Crippen LogP contribution is 2.31. The summed E-state index contributed by atoms with van der Waals surface area (Å²) in [4.78, 5) is 37.4. The molecule has 0 aromatic heterocycles. The molecule has 0 bridgehead atoms. The second-order valence-electron chi connectivity index (χ2n) is 6.24. The number of carbonyl (C=O) groups excluding carboxylic acids is 3. The second-order valence-corrected chi connectivity index (χ2v) is 6.24. The molecule has 6 nitrogen and oxygen atoms in total. The number of benzene rings is 2. The van der Waals surface area contributed by atoms with Crippen molar-refractivity contribution in [3.05, 3.63) is 65.2 Å². The third-order valence-electron chi connectivity index (χ3n) is 4.25. The van der Waals surface area contributed by atoms with Crippen LogP contribution in [0.5, 0.6) is 0 Å². The lowest BCUT2D eigenvalue weighted by atomic mass is 9.91. The molecule has 1 aliphatic heterocycles. The Bertz CT molecular complexity index is 998. The maximum absolute atomic E-state index is 14.1. The first-order valence-electron chi connectivity index (χ1n) is 7.96. The van der Waals surface area contributed by atoms with Crippen molar-refractivity contribution in [1.82, 2.24) is 10.2 Å². The Hall–Kier alpha value is -3.43. The van der Waals surface area contributed by atoms with Gasteiger partial charge in [0.15, 0.2) is 0 Å². The fraction of sp³-hybridized carbons (Fsp3) is 0.167. The molecule has 0 spiro atoms. The first-order chi connectivity index (χ1) is 13.1. The van der Waals surface area contributed by atoms with Gasteiger partial charge in [-0.25, -0.2) is 22.4 Å². The average molecular weight is 395 g/mol. The number of carbonyl (C=O) groups is 3. The van der Waals surface area contributed by atoms with Crippen molar-refractivity contribution in [2.45, 2.75) is 12.5 Å². The van der Waals surface area contributed by atoms with E-state index in [0.29, 0.717) is 11.0 Å².